The second-order valence-electron chi connectivity index (χ2n) is 9.36. The fourth-order valence-corrected chi connectivity index (χ4v) is 5.89. The second kappa shape index (κ2) is 7.81. The molecule has 0 saturated heterocycles. The minimum Gasteiger partial charge on any atom is -0.456 e. The van der Waals surface area contributed by atoms with Crippen LogP contribution in [0.1, 0.15) is 5.48 Å². The van der Waals surface area contributed by atoms with E-state index in [9.17, 15) is 0 Å². The Labute approximate surface area is 219 Å². The maximum atomic E-state index is 8.64. The van der Waals surface area contributed by atoms with Crippen LogP contribution >= 0.6 is 0 Å². The molecule has 1 heteroatoms. The van der Waals surface area contributed by atoms with Crippen molar-refractivity contribution < 1.29 is 9.90 Å². The third kappa shape index (κ3) is 2.92. The highest BCUT2D eigenvalue weighted by Crippen LogP contribution is 2.47. The van der Waals surface area contributed by atoms with Crippen LogP contribution in [0.4, 0.5) is 0 Å². The molecule has 0 unspecified atom stereocenters. The minimum absolute atomic E-state index is 0.134. The van der Waals surface area contributed by atoms with E-state index in [4.69, 9.17) is 9.90 Å². The Morgan fingerprint density at radius 2 is 0.919 bits per heavy atom. The molecule has 172 valence electrons. The average molecular weight is 475 g/mol. The van der Waals surface area contributed by atoms with Crippen LogP contribution < -0.4 is 0 Å². The molecule has 0 aliphatic heterocycles. The van der Waals surface area contributed by atoms with Gasteiger partial charge in [0.25, 0.3) is 0 Å². The van der Waals surface area contributed by atoms with E-state index < -0.39 is 0 Å². The lowest BCUT2D eigenvalue weighted by molar-refractivity contribution is 0.669. The average Bonchev–Trinajstić information content (AvgIpc) is 3.37. The number of fused-ring (bicyclic) bond motifs is 6. The highest BCUT2D eigenvalue weighted by atomic mass is 16.3. The number of rotatable bonds is 2. The molecule has 0 saturated carbocycles. The van der Waals surface area contributed by atoms with Crippen LogP contribution in [-0.4, -0.2) is 0 Å². The molecule has 0 spiro atoms. The van der Waals surface area contributed by atoms with E-state index in [1.165, 1.54) is 0 Å². The topological polar surface area (TPSA) is 13.1 Å². The highest BCUT2D eigenvalue weighted by molar-refractivity contribution is 6.26. The number of para-hydroxylation sites is 1. The van der Waals surface area contributed by atoms with Gasteiger partial charge in [-0.15, -0.1) is 0 Å². The smallest absolute Gasteiger partial charge is 0.136 e. The molecule has 0 N–H and O–H groups in total. The molecule has 0 radical (unpaired) electrons. The van der Waals surface area contributed by atoms with Crippen LogP contribution in [0.15, 0.2) is 138 Å². The maximum Gasteiger partial charge on any atom is 0.136 e. The predicted molar refractivity (Wildman–Crippen MR) is 157 cm³/mol. The Hall–Kier alpha value is -4.88. The van der Waals surface area contributed by atoms with Crippen LogP contribution in [0.5, 0.6) is 0 Å². The van der Waals surface area contributed by atoms with Crippen molar-refractivity contribution in [3.05, 3.63) is 133 Å². The number of furan rings is 1. The zero-order valence-electron chi connectivity index (χ0n) is 23.8. The molecule has 7 aromatic carbocycles. The van der Waals surface area contributed by atoms with E-state index in [2.05, 4.69) is 36.4 Å². The number of benzene rings is 7. The first-order valence-electron chi connectivity index (χ1n) is 14.4. The second-order valence-corrected chi connectivity index (χ2v) is 9.36. The Morgan fingerprint density at radius 3 is 1.65 bits per heavy atom. The molecule has 37 heavy (non-hydrogen) atoms. The largest absolute Gasteiger partial charge is 0.456 e. The van der Waals surface area contributed by atoms with Crippen molar-refractivity contribution in [2.75, 3.05) is 0 Å². The molecule has 0 amide bonds. The first kappa shape index (κ1) is 16.7. The van der Waals surface area contributed by atoms with Crippen LogP contribution in [0.25, 0.3) is 76.5 Å². The molecule has 0 aliphatic carbocycles. The summed E-state index contributed by atoms with van der Waals surface area (Å²) in [4.78, 5) is 0. The summed E-state index contributed by atoms with van der Waals surface area (Å²) in [5.74, 6) is 0. The molecule has 0 atom stereocenters. The van der Waals surface area contributed by atoms with Crippen molar-refractivity contribution in [3.8, 4) is 22.3 Å². The first-order chi connectivity index (χ1) is 20.0. The van der Waals surface area contributed by atoms with Gasteiger partial charge < -0.3 is 4.42 Å². The molecule has 1 aromatic heterocycles. The van der Waals surface area contributed by atoms with Gasteiger partial charge in [0, 0.05) is 10.8 Å². The summed E-state index contributed by atoms with van der Waals surface area (Å²) in [6.45, 7) is 0. The molecular formula is C36H22O. The normalized spacial score (nSPS) is 13.3. The Bertz CT molecular complexity index is 2290. The lowest BCUT2D eigenvalue weighted by atomic mass is 9.84. The van der Waals surface area contributed by atoms with Crippen LogP contribution in [0.3, 0.4) is 0 Å². The minimum atomic E-state index is 0.134. The van der Waals surface area contributed by atoms with Gasteiger partial charge >= 0.3 is 0 Å². The summed E-state index contributed by atoms with van der Waals surface area (Å²) in [5.41, 5.74) is 5.25. The number of hydrogen-bond acceptors (Lipinski definition) is 1. The van der Waals surface area contributed by atoms with Gasteiger partial charge in [-0.2, -0.15) is 0 Å². The third-order valence-corrected chi connectivity index (χ3v) is 7.42. The SMILES string of the molecule is [2H]c1cc2c(-c3cccc4ccccc34)c3cc([2H])c([2H])cc3c(-c3cccc4oc5ccccc5c34)c2cc1[2H]. The van der Waals surface area contributed by atoms with Gasteiger partial charge in [-0.05, 0) is 66.7 Å². The molecule has 1 heterocycles. The molecule has 0 bridgehead atoms. The zero-order valence-corrected chi connectivity index (χ0v) is 19.8. The highest BCUT2D eigenvalue weighted by Gasteiger charge is 2.20. The number of hydrogen-bond donors (Lipinski definition) is 0. The Balaban J connectivity index is 1.65. The summed E-state index contributed by atoms with van der Waals surface area (Å²) < 4.78 is 40.8. The first-order valence-corrected chi connectivity index (χ1v) is 12.4. The van der Waals surface area contributed by atoms with Crippen molar-refractivity contribution in [2.24, 2.45) is 0 Å². The summed E-state index contributed by atoms with van der Waals surface area (Å²) >= 11 is 0. The van der Waals surface area contributed by atoms with Crippen molar-refractivity contribution in [1.82, 2.24) is 0 Å². The van der Waals surface area contributed by atoms with E-state index in [1.807, 2.05) is 48.5 Å². The summed E-state index contributed by atoms with van der Waals surface area (Å²) in [5, 5.41) is 7.45. The van der Waals surface area contributed by atoms with E-state index in [0.29, 0.717) is 0 Å². The fraction of sp³-hybridized carbons (Fsp3) is 0. The molecule has 0 aliphatic rings. The summed E-state index contributed by atoms with van der Waals surface area (Å²) in [7, 11) is 0. The van der Waals surface area contributed by atoms with Gasteiger partial charge in [0.15, 0.2) is 0 Å². The Morgan fingerprint density at radius 1 is 0.405 bits per heavy atom. The van der Waals surface area contributed by atoms with Gasteiger partial charge in [-0.3, -0.25) is 0 Å². The van der Waals surface area contributed by atoms with Crippen molar-refractivity contribution >= 4 is 54.3 Å². The predicted octanol–water partition coefficient (Wildman–Crippen LogP) is 10.4. The fourth-order valence-electron chi connectivity index (χ4n) is 5.89. The van der Waals surface area contributed by atoms with E-state index in [-0.39, 0.29) is 24.2 Å². The molecule has 1 nitrogen and oxygen atoms in total. The van der Waals surface area contributed by atoms with Crippen LogP contribution in [-0.2, 0) is 0 Å². The van der Waals surface area contributed by atoms with Gasteiger partial charge in [0.1, 0.15) is 11.2 Å². The zero-order chi connectivity index (χ0) is 27.8. The summed E-state index contributed by atoms with van der Waals surface area (Å²) in [6, 6.07) is 36.0. The Kier molecular flexibility index (Phi) is 3.53. The molecular weight excluding hydrogens is 448 g/mol. The van der Waals surface area contributed by atoms with Gasteiger partial charge in [0.2, 0.25) is 0 Å². The van der Waals surface area contributed by atoms with Gasteiger partial charge in [-0.25, -0.2) is 0 Å². The lowest BCUT2D eigenvalue weighted by Gasteiger charge is -2.19. The lowest BCUT2D eigenvalue weighted by Crippen LogP contribution is -1.92. The monoisotopic (exact) mass is 474 g/mol. The molecule has 8 rings (SSSR count). The van der Waals surface area contributed by atoms with E-state index >= 15 is 0 Å². The van der Waals surface area contributed by atoms with E-state index in [0.717, 1.165) is 76.5 Å². The van der Waals surface area contributed by atoms with Crippen LogP contribution in [0.2, 0.25) is 0 Å². The molecule has 0 fully saturated rings. The molecule has 8 aromatic rings. The standard InChI is InChI=1S/C36H22O/c1-2-13-24-23(11-1)12-9-19-25(24)34-26-14-3-5-16-28(26)35(29-17-6-4-15-27(29)34)31-20-10-22-33-36(31)30-18-7-8-21-32(30)37-33/h1-22H/i3D,4D,5D,6D. The van der Waals surface area contributed by atoms with Crippen molar-refractivity contribution in [1.29, 1.82) is 0 Å². The van der Waals surface area contributed by atoms with E-state index in [1.54, 1.807) is 24.3 Å². The van der Waals surface area contributed by atoms with Crippen molar-refractivity contribution in [3.63, 3.8) is 0 Å². The van der Waals surface area contributed by atoms with Crippen molar-refractivity contribution in [2.45, 2.75) is 0 Å². The van der Waals surface area contributed by atoms with Crippen LogP contribution in [0, 0.1) is 0 Å². The van der Waals surface area contributed by atoms with Gasteiger partial charge in [0.05, 0.1) is 5.48 Å². The van der Waals surface area contributed by atoms with Gasteiger partial charge in [-0.1, -0.05) is 121 Å². The maximum absolute atomic E-state index is 8.64. The third-order valence-electron chi connectivity index (χ3n) is 7.42. The quantitative estimate of drug-likeness (QED) is 0.227. The summed E-state index contributed by atoms with van der Waals surface area (Å²) in [6.07, 6.45) is 0.